The van der Waals surface area contributed by atoms with Crippen LogP contribution in [-0.2, 0) is 4.79 Å². The summed E-state index contributed by atoms with van der Waals surface area (Å²) in [6.07, 6.45) is 0. The van der Waals surface area contributed by atoms with Crippen molar-refractivity contribution in [3.8, 4) is 11.5 Å². The molecule has 0 bridgehead atoms. The number of aromatic nitrogens is 2. The van der Waals surface area contributed by atoms with Gasteiger partial charge in [0.15, 0.2) is 0 Å². The van der Waals surface area contributed by atoms with Crippen molar-refractivity contribution < 1.29 is 14.1 Å². The predicted octanol–water partition coefficient (Wildman–Crippen LogP) is 2.26. The Morgan fingerprint density at radius 2 is 2.23 bits per heavy atom. The molecule has 0 saturated carbocycles. The molecule has 1 heterocycles. The molecule has 1 N–H and O–H groups in total. The highest BCUT2D eigenvalue weighted by Gasteiger charge is 2.14. The Hall–Kier alpha value is -2.42. The average Bonchev–Trinajstić information content (AvgIpc) is 2.93. The van der Waals surface area contributed by atoms with Crippen LogP contribution in [0.3, 0.4) is 0 Å². The molecule has 0 aliphatic heterocycles. The van der Waals surface area contributed by atoms with Gasteiger partial charge in [-0.1, -0.05) is 17.8 Å². The number of nitrogens with one attached hydrogen (secondary N) is 1. The SMILES string of the molecule is CC(C)NC(=O)CSc1nnc(-c2cccc([N+](=O)[O-])c2)o1. The fraction of sp³-hybridized carbons (Fsp3) is 0.308. The van der Waals surface area contributed by atoms with Crippen molar-refractivity contribution in [3.05, 3.63) is 34.4 Å². The van der Waals surface area contributed by atoms with Crippen LogP contribution < -0.4 is 5.32 Å². The fourth-order valence-corrected chi connectivity index (χ4v) is 2.20. The molecule has 0 atom stereocenters. The summed E-state index contributed by atoms with van der Waals surface area (Å²) in [6, 6.07) is 5.98. The lowest BCUT2D eigenvalue weighted by Crippen LogP contribution is -2.31. The third-order valence-corrected chi connectivity index (χ3v) is 3.31. The number of nitrogens with zero attached hydrogens (tertiary/aromatic N) is 3. The van der Waals surface area contributed by atoms with E-state index in [1.807, 2.05) is 13.8 Å². The Labute approximate surface area is 130 Å². The first kappa shape index (κ1) is 16.0. The third kappa shape index (κ3) is 4.29. The topological polar surface area (TPSA) is 111 Å². The number of rotatable bonds is 6. The van der Waals surface area contributed by atoms with E-state index in [0.29, 0.717) is 5.56 Å². The predicted molar refractivity (Wildman–Crippen MR) is 80.4 cm³/mol. The van der Waals surface area contributed by atoms with Crippen molar-refractivity contribution in [2.45, 2.75) is 25.1 Å². The minimum absolute atomic E-state index is 0.0544. The molecule has 0 fully saturated rings. The molecule has 0 unspecified atom stereocenters. The highest BCUT2D eigenvalue weighted by molar-refractivity contribution is 7.99. The molecule has 1 aromatic carbocycles. The van der Waals surface area contributed by atoms with Crippen LogP contribution >= 0.6 is 11.8 Å². The number of nitro benzene ring substituents is 1. The number of non-ortho nitro benzene ring substituents is 1. The molecule has 9 heteroatoms. The highest BCUT2D eigenvalue weighted by Crippen LogP contribution is 2.25. The van der Waals surface area contributed by atoms with Gasteiger partial charge in [-0.15, -0.1) is 10.2 Å². The lowest BCUT2D eigenvalue weighted by atomic mass is 10.2. The van der Waals surface area contributed by atoms with Gasteiger partial charge in [0.25, 0.3) is 10.9 Å². The fourth-order valence-electron chi connectivity index (χ4n) is 1.63. The van der Waals surface area contributed by atoms with E-state index < -0.39 is 4.92 Å². The number of benzene rings is 1. The first-order valence-corrected chi connectivity index (χ1v) is 7.45. The molecule has 0 radical (unpaired) electrons. The second-order valence-electron chi connectivity index (χ2n) is 4.69. The van der Waals surface area contributed by atoms with E-state index in [9.17, 15) is 14.9 Å². The van der Waals surface area contributed by atoms with Crippen molar-refractivity contribution in [1.82, 2.24) is 15.5 Å². The van der Waals surface area contributed by atoms with Crippen LogP contribution in [0.1, 0.15) is 13.8 Å². The Balaban J connectivity index is 2.04. The van der Waals surface area contributed by atoms with Gasteiger partial charge in [-0.05, 0) is 19.9 Å². The van der Waals surface area contributed by atoms with E-state index >= 15 is 0 Å². The number of nitro groups is 1. The number of hydrogen-bond acceptors (Lipinski definition) is 7. The Bertz CT molecular complexity index is 686. The van der Waals surface area contributed by atoms with Gasteiger partial charge in [0.1, 0.15) is 0 Å². The van der Waals surface area contributed by atoms with Gasteiger partial charge in [0, 0.05) is 23.7 Å². The lowest BCUT2D eigenvalue weighted by molar-refractivity contribution is -0.384. The standard InChI is InChI=1S/C13H14N4O4S/c1-8(2)14-11(18)7-22-13-16-15-12(21-13)9-4-3-5-10(6-9)17(19)20/h3-6,8H,7H2,1-2H3,(H,14,18). The van der Waals surface area contributed by atoms with Gasteiger partial charge in [0.2, 0.25) is 11.8 Å². The van der Waals surface area contributed by atoms with Crippen molar-refractivity contribution in [2.75, 3.05) is 5.75 Å². The van der Waals surface area contributed by atoms with Crippen molar-refractivity contribution in [2.24, 2.45) is 0 Å². The molecule has 22 heavy (non-hydrogen) atoms. The number of carbonyl (C=O) groups excluding carboxylic acids is 1. The molecule has 0 aliphatic rings. The van der Waals surface area contributed by atoms with Gasteiger partial charge in [-0.2, -0.15) is 0 Å². The molecule has 2 aromatic rings. The second kappa shape index (κ2) is 7.03. The van der Waals surface area contributed by atoms with Crippen molar-refractivity contribution >= 4 is 23.4 Å². The Morgan fingerprint density at radius 1 is 1.45 bits per heavy atom. The van der Waals surface area contributed by atoms with E-state index in [1.165, 1.54) is 12.1 Å². The maximum Gasteiger partial charge on any atom is 0.277 e. The molecule has 8 nitrogen and oxygen atoms in total. The number of carbonyl (C=O) groups is 1. The smallest absolute Gasteiger partial charge is 0.277 e. The summed E-state index contributed by atoms with van der Waals surface area (Å²) in [4.78, 5) is 21.8. The molecular formula is C13H14N4O4S. The molecule has 1 aromatic heterocycles. The lowest BCUT2D eigenvalue weighted by Gasteiger charge is -2.06. The number of thioether (sulfide) groups is 1. The van der Waals surface area contributed by atoms with Gasteiger partial charge in [-0.3, -0.25) is 14.9 Å². The van der Waals surface area contributed by atoms with Crippen molar-refractivity contribution in [1.29, 1.82) is 0 Å². The van der Waals surface area contributed by atoms with Crippen LogP contribution in [0, 0.1) is 10.1 Å². The third-order valence-electron chi connectivity index (χ3n) is 2.49. The summed E-state index contributed by atoms with van der Waals surface area (Å²) in [5, 5.41) is 21.4. The maximum absolute atomic E-state index is 11.5. The average molecular weight is 322 g/mol. The van der Waals surface area contributed by atoms with Crippen LogP contribution in [0.2, 0.25) is 0 Å². The summed E-state index contributed by atoms with van der Waals surface area (Å²) in [7, 11) is 0. The molecule has 116 valence electrons. The molecular weight excluding hydrogens is 308 g/mol. The van der Waals surface area contributed by atoms with Gasteiger partial charge in [-0.25, -0.2) is 0 Å². The van der Waals surface area contributed by atoms with Crippen molar-refractivity contribution in [3.63, 3.8) is 0 Å². The summed E-state index contributed by atoms with van der Waals surface area (Å²) >= 11 is 1.11. The quantitative estimate of drug-likeness (QED) is 0.493. The van der Waals surface area contributed by atoms with Gasteiger partial charge in [0.05, 0.1) is 10.7 Å². The zero-order valence-electron chi connectivity index (χ0n) is 12.0. The molecule has 1 amide bonds. The van der Waals surface area contributed by atoms with E-state index in [4.69, 9.17) is 4.42 Å². The number of hydrogen-bond donors (Lipinski definition) is 1. The largest absolute Gasteiger partial charge is 0.411 e. The second-order valence-corrected chi connectivity index (χ2v) is 5.62. The normalized spacial score (nSPS) is 10.7. The summed E-state index contributed by atoms with van der Waals surface area (Å²) in [5.41, 5.74) is 0.404. The van der Waals surface area contributed by atoms with Crippen LogP contribution in [0.5, 0.6) is 0 Å². The van der Waals surface area contributed by atoms with E-state index in [2.05, 4.69) is 15.5 Å². The van der Waals surface area contributed by atoms with E-state index in [1.54, 1.807) is 12.1 Å². The minimum Gasteiger partial charge on any atom is -0.411 e. The first-order valence-electron chi connectivity index (χ1n) is 6.46. The zero-order chi connectivity index (χ0) is 16.1. The van der Waals surface area contributed by atoms with Gasteiger partial charge >= 0.3 is 0 Å². The Morgan fingerprint density at radius 3 is 2.91 bits per heavy atom. The molecule has 2 rings (SSSR count). The summed E-state index contributed by atoms with van der Waals surface area (Å²) in [6.45, 7) is 3.74. The highest BCUT2D eigenvalue weighted by atomic mass is 32.2. The van der Waals surface area contributed by atoms with Gasteiger partial charge < -0.3 is 9.73 Å². The Kier molecular flexibility index (Phi) is 5.10. The number of amides is 1. The monoisotopic (exact) mass is 322 g/mol. The van der Waals surface area contributed by atoms with Crippen LogP contribution in [-0.4, -0.2) is 32.8 Å². The van der Waals surface area contributed by atoms with E-state index in [0.717, 1.165) is 11.8 Å². The van der Waals surface area contributed by atoms with Crippen LogP contribution in [0.15, 0.2) is 33.9 Å². The van der Waals surface area contributed by atoms with Crippen LogP contribution in [0.4, 0.5) is 5.69 Å². The zero-order valence-corrected chi connectivity index (χ0v) is 12.8. The maximum atomic E-state index is 11.5. The minimum atomic E-state index is -0.494. The summed E-state index contributed by atoms with van der Waals surface area (Å²) < 4.78 is 5.40. The summed E-state index contributed by atoms with van der Waals surface area (Å²) in [5.74, 6) is 0.208. The van der Waals surface area contributed by atoms with Crippen LogP contribution in [0.25, 0.3) is 11.5 Å². The first-order chi connectivity index (χ1) is 10.5. The molecule has 0 spiro atoms. The molecule has 0 saturated heterocycles. The van der Waals surface area contributed by atoms with E-state index in [-0.39, 0.29) is 34.5 Å². The molecule has 0 aliphatic carbocycles.